The van der Waals surface area contributed by atoms with Gasteiger partial charge in [0, 0.05) is 30.7 Å². The zero-order valence-electron chi connectivity index (χ0n) is 14.3. The highest BCUT2D eigenvalue weighted by Crippen LogP contribution is 2.12. The van der Waals surface area contributed by atoms with Gasteiger partial charge in [0.25, 0.3) is 0 Å². The molecule has 6 nitrogen and oxygen atoms in total. The van der Waals surface area contributed by atoms with E-state index in [1.54, 1.807) is 16.2 Å². The Hall–Kier alpha value is -1.96. The molecule has 1 aromatic heterocycles. The van der Waals surface area contributed by atoms with E-state index in [-0.39, 0.29) is 12.2 Å². The Kier molecular flexibility index (Phi) is 6.38. The number of rotatable bonds is 6. The molecule has 1 fully saturated rings. The van der Waals surface area contributed by atoms with E-state index in [9.17, 15) is 4.79 Å². The summed E-state index contributed by atoms with van der Waals surface area (Å²) in [5, 5.41) is 4.44. The summed E-state index contributed by atoms with van der Waals surface area (Å²) < 4.78 is 11.1. The van der Waals surface area contributed by atoms with Crippen LogP contribution in [0.2, 0.25) is 0 Å². The molecule has 134 valence electrons. The Morgan fingerprint density at radius 1 is 1.44 bits per heavy atom. The Balaban J connectivity index is 1.40. The van der Waals surface area contributed by atoms with Crippen LogP contribution in [0.1, 0.15) is 15.4 Å². The number of aromatic nitrogens is 1. The SMILES string of the molecule is Cc1ncc(CNCC2CN(C(=O)OCc3ccccc3)CCO2)s1. The quantitative estimate of drug-likeness (QED) is 0.857. The molecule has 0 bridgehead atoms. The van der Waals surface area contributed by atoms with Gasteiger partial charge in [-0.05, 0) is 12.5 Å². The maximum Gasteiger partial charge on any atom is 0.410 e. The van der Waals surface area contributed by atoms with E-state index < -0.39 is 0 Å². The summed E-state index contributed by atoms with van der Waals surface area (Å²) in [7, 11) is 0. The van der Waals surface area contributed by atoms with E-state index in [1.807, 2.05) is 43.5 Å². The molecule has 3 rings (SSSR count). The van der Waals surface area contributed by atoms with Crippen molar-refractivity contribution in [3.8, 4) is 0 Å². The summed E-state index contributed by atoms with van der Waals surface area (Å²) >= 11 is 1.69. The van der Waals surface area contributed by atoms with Crippen LogP contribution in [0.5, 0.6) is 0 Å². The summed E-state index contributed by atoms with van der Waals surface area (Å²) in [6, 6.07) is 9.70. The summed E-state index contributed by atoms with van der Waals surface area (Å²) in [5.41, 5.74) is 0.988. The normalized spacial score (nSPS) is 17.5. The number of morpholine rings is 1. The lowest BCUT2D eigenvalue weighted by Gasteiger charge is -2.32. The molecule has 1 amide bonds. The lowest BCUT2D eigenvalue weighted by atomic mass is 10.2. The maximum absolute atomic E-state index is 12.2. The molecule has 1 aliphatic rings. The van der Waals surface area contributed by atoms with Gasteiger partial charge in [0.05, 0.1) is 24.3 Å². The zero-order chi connectivity index (χ0) is 17.5. The highest BCUT2D eigenvalue weighted by molar-refractivity contribution is 7.11. The van der Waals surface area contributed by atoms with E-state index in [1.165, 1.54) is 4.88 Å². The lowest BCUT2D eigenvalue weighted by molar-refractivity contribution is -0.0271. The van der Waals surface area contributed by atoms with Gasteiger partial charge in [0.2, 0.25) is 0 Å². The van der Waals surface area contributed by atoms with Crippen LogP contribution in [0.15, 0.2) is 36.5 Å². The third kappa shape index (κ3) is 5.52. The van der Waals surface area contributed by atoms with Gasteiger partial charge in [-0.15, -0.1) is 11.3 Å². The van der Waals surface area contributed by atoms with Gasteiger partial charge in [0.1, 0.15) is 6.61 Å². The van der Waals surface area contributed by atoms with Crippen LogP contribution in [0.25, 0.3) is 0 Å². The van der Waals surface area contributed by atoms with Crippen molar-refractivity contribution in [2.45, 2.75) is 26.2 Å². The summed E-state index contributed by atoms with van der Waals surface area (Å²) in [4.78, 5) is 19.4. The van der Waals surface area contributed by atoms with Gasteiger partial charge < -0.3 is 19.7 Å². The fourth-order valence-corrected chi connectivity index (χ4v) is 3.43. The minimum atomic E-state index is -0.282. The van der Waals surface area contributed by atoms with Crippen molar-refractivity contribution in [3.05, 3.63) is 52.0 Å². The number of ether oxygens (including phenoxy) is 2. The number of aryl methyl sites for hydroxylation is 1. The summed E-state index contributed by atoms with van der Waals surface area (Å²) in [6.07, 6.45) is 1.59. The van der Waals surface area contributed by atoms with Crippen LogP contribution in [-0.4, -0.2) is 48.3 Å². The fraction of sp³-hybridized carbons (Fsp3) is 0.444. The van der Waals surface area contributed by atoms with Crippen molar-refractivity contribution in [2.75, 3.05) is 26.2 Å². The average molecular weight is 361 g/mol. The first-order valence-electron chi connectivity index (χ1n) is 8.40. The molecule has 1 saturated heterocycles. The molecule has 25 heavy (non-hydrogen) atoms. The van der Waals surface area contributed by atoms with E-state index in [2.05, 4.69) is 10.3 Å². The fourth-order valence-electron chi connectivity index (χ4n) is 2.66. The molecule has 1 atom stereocenters. The standard InChI is InChI=1S/C18H23N3O3S/c1-14-20-11-17(25-14)10-19-9-16-12-21(7-8-23-16)18(22)24-13-15-5-3-2-4-6-15/h2-6,11,16,19H,7-10,12-13H2,1H3. The number of benzene rings is 1. The Morgan fingerprint density at radius 3 is 3.04 bits per heavy atom. The molecule has 1 N–H and O–H groups in total. The lowest BCUT2D eigenvalue weighted by Crippen LogP contribution is -2.49. The minimum Gasteiger partial charge on any atom is -0.445 e. The van der Waals surface area contributed by atoms with Crippen molar-refractivity contribution < 1.29 is 14.3 Å². The van der Waals surface area contributed by atoms with E-state index in [4.69, 9.17) is 9.47 Å². The van der Waals surface area contributed by atoms with Gasteiger partial charge in [0.15, 0.2) is 0 Å². The molecule has 7 heteroatoms. The van der Waals surface area contributed by atoms with Gasteiger partial charge in [-0.2, -0.15) is 0 Å². The van der Waals surface area contributed by atoms with Crippen molar-refractivity contribution >= 4 is 17.4 Å². The predicted octanol–water partition coefficient (Wildman–Crippen LogP) is 2.58. The Labute approximate surface area is 151 Å². The van der Waals surface area contributed by atoms with Crippen molar-refractivity contribution in [1.82, 2.24) is 15.2 Å². The maximum atomic E-state index is 12.2. The topological polar surface area (TPSA) is 63.7 Å². The summed E-state index contributed by atoms with van der Waals surface area (Å²) in [5.74, 6) is 0. The number of nitrogens with zero attached hydrogens (tertiary/aromatic N) is 2. The van der Waals surface area contributed by atoms with Crippen LogP contribution in [0.3, 0.4) is 0 Å². The minimum absolute atomic E-state index is 0.0213. The van der Waals surface area contributed by atoms with Crippen molar-refractivity contribution in [2.24, 2.45) is 0 Å². The third-order valence-corrected chi connectivity index (χ3v) is 4.86. The summed E-state index contributed by atoms with van der Waals surface area (Å²) in [6.45, 7) is 5.40. The Bertz CT molecular complexity index is 677. The predicted molar refractivity (Wildman–Crippen MR) is 96.5 cm³/mol. The highest BCUT2D eigenvalue weighted by atomic mass is 32.1. The highest BCUT2D eigenvalue weighted by Gasteiger charge is 2.25. The number of hydrogen-bond donors (Lipinski definition) is 1. The molecule has 1 aromatic carbocycles. The zero-order valence-corrected chi connectivity index (χ0v) is 15.1. The first kappa shape index (κ1) is 17.8. The van der Waals surface area contributed by atoms with E-state index >= 15 is 0 Å². The largest absolute Gasteiger partial charge is 0.445 e. The van der Waals surface area contributed by atoms with Crippen LogP contribution in [-0.2, 0) is 22.6 Å². The molecule has 2 heterocycles. The van der Waals surface area contributed by atoms with E-state index in [0.717, 1.165) is 17.1 Å². The van der Waals surface area contributed by atoms with Crippen LogP contribution in [0.4, 0.5) is 4.79 Å². The van der Waals surface area contributed by atoms with Gasteiger partial charge in [-0.1, -0.05) is 30.3 Å². The molecule has 2 aromatic rings. The number of nitrogens with one attached hydrogen (secondary N) is 1. The van der Waals surface area contributed by atoms with Crippen molar-refractivity contribution in [1.29, 1.82) is 0 Å². The molecular formula is C18H23N3O3S. The molecule has 0 spiro atoms. The average Bonchev–Trinajstić information content (AvgIpc) is 3.06. The van der Waals surface area contributed by atoms with Crippen LogP contribution in [0, 0.1) is 6.92 Å². The second kappa shape index (κ2) is 8.94. The molecule has 0 saturated carbocycles. The monoisotopic (exact) mass is 361 g/mol. The first-order valence-corrected chi connectivity index (χ1v) is 9.21. The molecular weight excluding hydrogens is 338 g/mol. The molecule has 0 radical (unpaired) electrons. The number of hydrogen-bond acceptors (Lipinski definition) is 6. The second-order valence-corrected chi connectivity index (χ2v) is 7.27. The number of thiazole rings is 1. The van der Waals surface area contributed by atoms with Gasteiger partial charge in [-0.3, -0.25) is 0 Å². The number of carbonyl (C=O) groups is 1. The molecule has 1 aliphatic heterocycles. The molecule has 1 unspecified atom stereocenters. The van der Waals surface area contributed by atoms with Crippen molar-refractivity contribution in [3.63, 3.8) is 0 Å². The third-order valence-electron chi connectivity index (χ3n) is 3.94. The second-order valence-electron chi connectivity index (χ2n) is 5.96. The number of amides is 1. The Morgan fingerprint density at radius 2 is 2.28 bits per heavy atom. The smallest absolute Gasteiger partial charge is 0.410 e. The van der Waals surface area contributed by atoms with Crippen LogP contribution >= 0.6 is 11.3 Å². The van der Waals surface area contributed by atoms with Crippen LogP contribution < -0.4 is 5.32 Å². The van der Waals surface area contributed by atoms with Gasteiger partial charge in [-0.25, -0.2) is 9.78 Å². The number of carbonyl (C=O) groups excluding carboxylic acids is 1. The first-order chi connectivity index (χ1) is 12.2. The molecule has 0 aliphatic carbocycles. The van der Waals surface area contributed by atoms with E-state index in [0.29, 0.717) is 32.8 Å². The van der Waals surface area contributed by atoms with Gasteiger partial charge >= 0.3 is 6.09 Å².